The van der Waals surface area contributed by atoms with Gasteiger partial charge in [-0.1, -0.05) is 24.4 Å². The molecule has 1 aromatic heterocycles. The molecule has 0 atom stereocenters. The third kappa shape index (κ3) is 3.09. The third-order valence-electron chi connectivity index (χ3n) is 3.25. The van der Waals surface area contributed by atoms with Gasteiger partial charge in [0.15, 0.2) is 5.84 Å². The van der Waals surface area contributed by atoms with Gasteiger partial charge in [0.25, 0.3) is 0 Å². The van der Waals surface area contributed by atoms with Crippen LogP contribution in [0.5, 0.6) is 5.88 Å². The van der Waals surface area contributed by atoms with Gasteiger partial charge in [0.05, 0.1) is 18.4 Å². The summed E-state index contributed by atoms with van der Waals surface area (Å²) >= 11 is 0. The number of oxime groups is 1. The highest BCUT2D eigenvalue weighted by molar-refractivity contribution is 5.98. The number of nitrogens with two attached hydrogens (primary N) is 1. The van der Waals surface area contributed by atoms with Crippen molar-refractivity contribution in [3.63, 3.8) is 0 Å². The van der Waals surface area contributed by atoms with E-state index in [1.54, 1.807) is 6.07 Å². The minimum absolute atomic E-state index is 0.0106. The summed E-state index contributed by atoms with van der Waals surface area (Å²) in [6.07, 6.45) is 7.72. The molecule has 18 heavy (non-hydrogen) atoms. The lowest BCUT2D eigenvalue weighted by Crippen LogP contribution is -2.19. The summed E-state index contributed by atoms with van der Waals surface area (Å²) in [4.78, 5) is 0. The average molecular weight is 250 g/mol. The Labute approximate surface area is 106 Å². The smallest absolute Gasteiger partial charge is 0.244 e. The van der Waals surface area contributed by atoms with Crippen molar-refractivity contribution in [2.45, 2.75) is 32.1 Å². The Hall–Kier alpha value is -1.85. The Morgan fingerprint density at radius 1 is 1.44 bits per heavy atom. The van der Waals surface area contributed by atoms with Crippen molar-refractivity contribution in [3.8, 4) is 5.88 Å². The topological polar surface area (TPSA) is 93.6 Å². The van der Waals surface area contributed by atoms with Crippen LogP contribution in [0.25, 0.3) is 0 Å². The summed E-state index contributed by atoms with van der Waals surface area (Å²) in [5, 5.41) is 19.3. The Bertz CT molecular complexity index is 416. The molecule has 2 rings (SSSR count). The maximum atomic E-state index is 8.69. The van der Waals surface area contributed by atoms with Crippen LogP contribution in [0.3, 0.4) is 0 Å². The van der Waals surface area contributed by atoms with Crippen molar-refractivity contribution in [3.05, 3.63) is 17.8 Å². The van der Waals surface area contributed by atoms with Crippen LogP contribution in [0, 0.1) is 5.92 Å². The highest BCUT2D eigenvalue weighted by Crippen LogP contribution is 2.24. The Morgan fingerprint density at radius 2 is 2.22 bits per heavy atom. The standard InChI is InChI=1S/C12H18N4O2/c13-11(16-17)10-6-7-14-15-12(10)18-8-9-4-2-1-3-5-9/h6-7,9,17H,1-5,8H2,(H2,13,16). The summed E-state index contributed by atoms with van der Waals surface area (Å²) < 4.78 is 5.65. The predicted molar refractivity (Wildman–Crippen MR) is 66.6 cm³/mol. The molecule has 0 aliphatic heterocycles. The zero-order chi connectivity index (χ0) is 12.8. The molecule has 0 unspecified atom stereocenters. The van der Waals surface area contributed by atoms with Gasteiger partial charge < -0.3 is 15.7 Å². The maximum Gasteiger partial charge on any atom is 0.244 e. The molecule has 3 N–H and O–H groups in total. The molecular formula is C12H18N4O2. The average Bonchev–Trinajstić information content (AvgIpc) is 2.45. The van der Waals surface area contributed by atoms with Crippen molar-refractivity contribution in [2.75, 3.05) is 6.61 Å². The number of ether oxygens (including phenoxy) is 1. The largest absolute Gasteiger partial charge is 0.476 e. The molecule has 1 heterocycles. The molecule has 0 saturated heterocycles. The molecule has 0 bridgehead atoms. The first-order valence-electron chi connectivity index (χ1n) is 6.23. The van der Waals surface area contributed by atoms with Crippen LogP contribution in [0.15, 0.2) is 17.4 Å². The lowest BCUT2D eigenvalue weighted by molar-refractivity contribution is 0.201. The van der Waals surface area contributed by atoms with E-state index in [0.29, 0.717) is 24.0 Å². The van der Waals surface area contributed by atoms with E-state index in [4.69, 9.17) is 15.7 Å². The van der Waals surface area contributed by atoms with Crippen molar-refractivity contribution in [1.29, 1.82) is 0 Å². The van der Waals surface area contributed by atoms with Gasteiger partial charge in [-0.15, -0.1) is 5.10 Å². The first-order valence-corrected chi connectivity index (χ1v) is 6.23. The van der Waals surface area contributed by atoms with Crippen molar-refractivity contribution in [2.24, 2.45) is 16.8 Å². The monoisotopic (exact) mass is 250 g/mol. The van der Waals surface area contributed by atoms with Crippen LogP contribution in [0.1, 0.15) is 37.7 Å². The molecule has 0 amide bonds. The molecule has 0 radical (unpaired) electrons. The third-order valence-corrected chi connectivity index (χ3v) is 3.25. The van der Waals surface area contributed by atoms with Gasteiger partial charge in [0.2, 0.25) is 5.88 Å². The van der Waals surface area contributed by atoms with Crippen LogP contribution in [0.2, 0.25) is 0 Å². The number of nitrogens with zero attached hydrogens (tertiary/aromatic N) is 3. The van der Waals surface area contributed by atoms with Crippen LogP contribution >= 0.6 is 0 Å². The summed E-state index contributed by atoms with van der Waals surface area (Å²) in [7, 11) is 0. The quantitative estimate of drug-likeness (QED) is 0.366. The van der Waals surface area contributed by atoms with Crippen LogP contribution in [0.4, 0.5) is 0 Å². The second-order valence-electron chi connectivity index (χ2n) is 4.55. The molecule has 1 aliphatic rings. The first kappa shape index (κ1) is 12.6. The van der Waals surface area contributed by atoms with Crippen LogP contribution < -0.4 is 10.5 Å². The fourth-order valence-corrected chi connectivity index (χ4v) is 2.22. The van der Waals surface area contributed by atoms with Gasteiger partial charge in [-0.05, 0) is 24.8 Å². The zero-order valence-corrected chi connectivity index (χ0v) is 10.2. The van der Waals surface area contributed by atoms with Crippen LogP contribution in [-0.4, -0.2) is 27.8 Å². The van der Waals surface area contributed by atoms with Gasteiger partial charge in [0.1, 0.15) is 0 Å². The lowest BCUT2D eigenvalue weighted by Gasteiger charge is -2.21. The molecular weight excluding hydrogens is 232 g/mol. The molecule has 0 spiro atoms. The molecule has 0 aromatic carbocycles. The van der Waals surface area contributed by atoms with Crippen molar-refractivity contribution >= 4 is 5.84 Å². The summed E-state index contributed by atoms with van der Waals surface area (Å²) in [5.74, 6) is 0.891. The molecule has 1 aliphatic carbocycles. The second kappa shape index (κ2) is 6.18. The van der Waals surface area contributed by atoms with Crippen LogP contribution in [-0.2, 0) is 0 Å². The predicted octanol–water partition coefficient (Wildman–Crippen LogP) is 1.53. The molecule has 1 aromatic rings. The summed E-state index contributed by atoms with van der Waals surface area (Å²) in [5.41, 5.74) is 6.03. The second-order valence-corrected chi connectivity index (χ2v) is 4.55. The van der Waals surface area contributed by atoms with Gasteiger partial charge in [-0.2, -0.15) is 5.10 Å². The van der Waals surface area contributed by atoms with E-state index < -0.39 is 0 Å². The number of hydrogen-bond acceptors (Lipinski definition) is 5. The SMILES string of the molecule is N/C(=N/O)c1ccnnc1OCC1CCCCC1. The molecule has 6 heteroatoms. The van der Waals surface area contributed by atoms with E-state index in [2.05, 4.69) is 15.4 Å². The number of amidine groups is 1. The Balaban J connectivity index is 2.00. The van der Waals surface area contributed by atoms with Gasteiger partial charge in [-0.3, -0.25) is 0 Å². The highest BCUT2D eigenvalue weighted by atomic mass is 16.5. The maximum absolute atomic E-state index is 8.69. The minimum Gasteiger partial charge on any atom is -0.476 e. The summed E-state index contributed by atoms with van der Waals surface area (Å²) in [6.45, 7) is 0.615. The number of aromatic nitrogens is 2. The first-order chi connectivity index (χ1) is 8.81. The lowest BCUT2D eigenvalue weighted by atomic mass is 9.90. The van der Waals surface area contributed by atoms with E-state index in [0.717, 1.165) is 0 Å². The zero-order valence-electron chi connectivity index (χ0n) is 10.2. The molecule has 6 nitrogen and oxygen atoms in total. The van der Waals surface area contributed by atoms with E-state index in [1.165, 1.54) is 38.3 Å². The Morgan fingerprint density at radius 3 is 2.94 bits per heavy atom. The molecule has 1 fully saturated rings. The van der Waals surface area contributed by atoms with Gasteiger partial charge >= 0.3 is 0 Å². The van der Waals surface area contributed by atoms with E-state index >= 15 is 0 Å². The molecule has 98 valence electrons. The highest BCUT2D eigenvalue weighted by Gasteiger charge is 2.16. The normalized spacial score (nSPS) is 17.7. The fraction of sp³-hybridized carbons (Fsp3) is 0.583. The van der Waals surface area contributed by atoms with E-state index in [1.807, 2.05) is 0 Å². The number of hydrogen-bond donors (Lipinski definition) is 2. The van der Waals surface area contributed by atoms with Gasteiger partial charge in [0, 0.05) is 0 Å². The fourth-order valence-electron chi connectivity index (χ4n) is 2.22. The van der Waals surface area contributed by atoms with E-state index in [9.17, 15) is 0 Å². The van der Waals surface area contributed by atoms with Gasteiger partial charge in [-0.25, -0.2) is 0 Å². The Kier molecular flexibility index (Phi) is 4.33. The molecule has 1 saturated carbocycles. The minimum atomic E-state index is -0.0106. The summed E-state index contributed by atoms with van der Waals surface area (Å²) in [6, 6.07) is 1.62. The van der Waals surface area contributed by atoms with Crippen molar-refractivity contribution in [1.82, 2.24) is 10.2 Å². The van der Waals surface area contributed by atoms with E-state index in [-0.39, 0.29) is 5.84 Å². The van der Waals surface area contributed by atoms with Crippen molar-refractivity contribution < 1.29 is 9.94 Å². The number of rotatable bonds is 4.